The van der Waals surface area contributed by atoms with E-state index in [2.05, 4.69) is 33.0 Å². The maximum absolute atomic E-state index is 6.11. The van der Waals surface area contributed by atoms with Gasteiger partial charge < -0.3 is 5.73 Å². The Bertz CT molecular complexity index is 502. The van der Waals surface area contributed by atoms with E-state index in [9.17, 15) is 0 Å². The van der Waals surface area contributed by atoms with Gasteiger partial charge in [-0.15, -0.1) is 11.8 Å². The number of thioether (sulfide) groups is 1. The highest BCUT2D eigenvalue weighted by Gasteiger charge is 2.17. The van der Waals surface area contributed by atoms with Gasteiger partial charge in [0, 0.05) is 33.1 Å². The fourth-order valence-corrected chi connectivity index (χ4v) is 3.21. The number of nitrogens with zero attached hydrogens (tertiary/aromatic N) is 1. The topological polar surface area (TPSA) is 38.9 Å². The average molecular weight is 323 g/mol. The summed E-state index contributed by atoms with van der Waals surface area (Å²) in [5.74, 6) is 0. The number of aromatic nitrogens is 1. The molecule has 0 aliphatic carbocycles. The first-order valence-electron chi connectivity index (χ1n) is 5.74. The quantitative estimate of drug-likeness (QED) is 0.864. The molecule has 1 aromatic carbocycles. The smallest absolute Gasteiger partial charge is 0.0493 e. The molecular formula is C14H15BrN2S. The van der Waals surface area contributed by atoms with Gasteiger partial charge in [-0.25, -0.2) is 0 Å². The third-order valence-electron chi connectivity index (χ3n) is 2.57. The van der Waals surface area contributed by atoms with Gasteiger partial charge in [0.05, 0.1) is 0 Å². The maximum Gasteiger partial charge on any atom is 0.0493 e. The Hall–Kier alpha value is -0.840. The second-order valence-corrected chi connectivity index (χ2v) is 6.27. The summed E-state index contributed by atoms with van der Waals surface area (Å²) >= 11 is 5.28. The largest absolute Gasteiger partial charge is 0.327 e. The van der Waals surface area contributed by atoms with Crippen molar-refractivity contribution in [3.63, 3.8) is 0 Å². The monoisotopic (exact) mass is 322 g/mol. The number of nitrogens with two attached hydrogens (primary N) is 1. The summed E-state index contributed by atoms with van der Waals surface area (Å²) in [5, 5.41) is 0.241. The number of hydrogen-bond acceptors (Lipinski definition) is 3. The highest BCUT2D eigenvalue weighted by Crippen LogP contribution is 2.37. The van der Waals surface area contributed by atoms with Gasteiger partial charge >= 0.3 is 0 Å². The molecule has 2 N–H and O–H groups in total. The molecule has 0 saturated carbocycles. The molecule has 2 atom stereocenters. The third-order valence-corrected chi connectivity index (χ3v) is 4.56. The average Bonchev–Trinajstić information content (AvgIpc) is 2.37. The first kappa shape index (κ1) is 13.6. The summed E-state index contributed by atoms with van der Waals surface area (Å²) in [6, 6.07) is 12.4. The van der Waals surface area contributed by atoms with Crippen LogP contribution >= 0.6 is 27.7 Å². The summed E-state index contributed by atoms with van der Waals surface area (Å²) in [7, 11) is 0. The maximum atomic E-state index is 6.11. The Morgan fingerprint density at radius 1 is 1.22 bits per heavy atom. The van der Waals surface area contributed by atoms with Crippen LogP contribution in [0.5, 0.6) is 0 Å². The van der Waals surface area contributed by atoms with Crippen molar-refractivity contribution in [1.82, 2.24) is 4.98 Å². The molecule has 0 fully saturated rings. The minimum Gasteiger partial charge on any atom is -0.327 e. The molecule has 4 heteroatoms. The van der Waals surface area contributed by atoms with Gasteiger partial charge in [-0.3, -0.25) is 4.98 Å². The Kier molecular flexibility index (Phi) is 4.80. The van der Waals surface area contributed by atoms with Crippen LogP contribution in [0.15, 0.2) is 58.2 Å². The zero-order valence-corrected chi connectivity index (χ0v) is 12.5. The lowest BCUT2D eigenvalue weighted by molar-refractivity contribution is 0.721. The van der Waals surface area contributed by atoms with Crippen LogP contribution in [0.2, 0.25) is 0 Å². The van der Waals surface area contributed by atoms with Crippen LogP contribution in [-0.2, 0) is 0 Å². The van der Waals surface area contributed by atoms with Crippen LogP contribution in [-0.4, -0.2) is 11.0 Å². The highest BCUT2D eigenvalue weighted by atomic mass is 79.9. The van der Waals surface area contributed by atoms with Crippen LogP contribution in [0.3, 0.4) is 0 Å². The summed E-state index contributed by atoms with van der Waals surface area (Å²) in [6.45, 7) is 2.04. The number of benzene rings is 1. The van der Waals surface area contributed by atoms with Gasteiger partial charge in [0.2, 0.25) is 0 Å². The van der Waals surface area contributed by atoms with E-state index in [4.69, 9.17) is 5.73 Å². The number of pyridine rings is 1. The van der Waals surface area contributed by atoms with Crippen molar-refractivity contribution < 1.29 is 0 Å². The van der Waals surface area contributed by atoms with Crippen molar-refractivity contribution >= 4 is 27.7 Å². The molecule has 1 heterocycles. The van der Waals surface area contributed by atoms with Crippen LogP contribution in [0, 0.1) is 0 Å². The van der Waals surface area contributed by atoms with E-state index in [0.29, 0.717) is 0 Å². The highest BCUT2D eigenvalue weighted by molar-refractivity contribution is 9.10. The molecule has 94 valence electrons. The molecule has 0 aliphatic rings. The van der Waals surface area contributed by atoms with Crippen LogP contribution in [0.4, 0.5) is 0 Å². The molecule has 1 aromatic heterocycles. The van der Waals surface area contributed by atoms with E-state index >= 15 is 0 Å². The van der Waals surface area contributed by atoms with Gasteiger partial charge in [-0.1, -0.05) is 28.1 Å². The lowest BCUT2D eigenvalue weighted by Crippen LogP contribution is -2.22. The van der Waals surface area contributed by atoms with Crippen molar-refractivity contribution in [3.05, 3.63) is 58.8 Å². The Morgan fingerprint density at radius 3 is 2.56 bits per heavy atom. The second-order valence-electron chi connectivity index (χ2n) is 4.14. The van der Waals surface area contributed by atoms with Crippen molar-refractivity contribution in [2.75, 3.05) is 0 Å². The van der Waals surface area contributed by atoms with Gasteiger partial charge in [-0.05, 0) is 36.8 Å². The van der Waals surface area contributed by atoms with Gasteiger partial charge in [0.25, 0.3) is 0 Å². The minimum atomic E-state index is 0.0810. The van der Waals surface area contributed by atoms with E-state index in [-0.39, 0.29) is 11.3 Å². The van der Waals surface area contributed by atoms with Gasteiger partial charge in [-0.2, -0.15) is 0 Å². The number of rotatable bonds is 4. The number of halogens is 1. The molecule has 0 aliphatic heterocycles. The Morgan fingerprint density at radius 2 is 1.94 bits per heavy atom. The molecule has 2 rings (SSSR count). The zero-order valence-electron chi connectivity index (χ0n) is 10.1. The fraction of sp³-hybridized carbons (Fsp3) is 0.214. The van der Waals surface area contributed by atoms with Crippen LogP contribution < -0.4 is 5.73 Å². The SMILES string of the molecule is CC(N)C(Sc1ccncc1)c1cccc(Br)c1. The fourth-order valence-electron chi connectivity index (χ4n) is 1.73. The lowest BCUT2D eigenvalue weighted by atomic mass is 10.1. The summed E-state index contributed by atoms with van der Waals surface area (Å²) in [4.78, 5) is 5.22. The Labute approximate surface area is 120 Å². The normalized spacial score (nSPS) is 14.2. The van der Waals surface area contributed by atoms with E-state index in [0.717, 1.165) is 4.47 Å². The van der Waals surface area contributed by atoms with E-state index in [1.54, 1.807) is 11.8 Å². The van der Waals surface area contributed by atoms with Gasteiger partial charge in [0.15, 0.2) is 0 Å². The molecule has 0 bridgehead atoms. The van der Waals surface area contributed by atoms with E-state index in [1.807, 2.05) is 43.6 Å². The first-order chi connectivity index (χ1) is 8.66. The summed E-state index contributed by atoms with van der Waals surface area (Å²) in [6.07, 6.45) is 3.61. The first-order valence-corrected chi connectivity index (χ1v) is 7.42. The van der Waals surface area contributed by atoms with E-state index < -0.39 is 0 Å². The molecule has 0 spiro atoms. The minimum absolute atomic E-state index is 0.0810. The molecular weight excluding hydrogens is 308 g/mol. The Balaban J connectivity index is 2.24. The number of hydrogen-bond donors (Lipinski definition) is 1. The van der Waals surface area contributed by atoms with Crippen LogP contribution in [0.25, 0.3) is 0 Å². The van der Waals surface area contributed by atoms with E-state index in [1.165, 1.54) is 10.5 Å². The van der Waals surface area contributed by atoms with Gasteiger partial charge in [0.1, 0.15) is 0 Å². The van der Waals surface area contributed by atoms with Crippen molar-refractivity contribution in [3.8, 4) is 0 Å². The van der Waals surface area contributed by atoms with Crippen LogP contribution in [0.1, 0.15) is 17.7 Å². The molecule has 2 unspecified atom stereocenters. The lowest BCUT2D eigenvalue weighted by Gasteiger charge is -2.21. The molecule has 0 radical (unpaired) electrons. The third kappa shape index (κ3) is 3.57. The molecule has 2 nitrogen and oxygen atoms in total. The molecule has 0 amide bonds. The summed E-state index contributed by atoms with van der Waals surface area (Å²) in [5.41, 5.74) is 7.35. The van der Waals surface area contributed by atoms with Crippen molar-refractivity contribution in [1.29, 1.82) is 0 Å². The molecule has 0 saturated heterocycles. The molecule has 2 aromatic rings. The van der Waals surface area contributed by atoms with Crippen molar-refractivity contribution in [2.24, 2.45) is 5.73 Å². The summed E-state index contributed by atoms with van der Waals surface area (Å²) < 4.78 is 1.08. The molecule has 18 heavy (non-hydrogen) atoms. The second kappa shape index (κ2) is 6.36. The predicted octanol–water partition coefficient (Wildman–Crippen LogP) is 4.02. The predicted molar refractivity (Wildman–Crippen MR) is 80.6 cm³/mol. The zero-order chi connectivity index (χ0) is 13.0. The van der Waals surface area contributed by atoms with Crippen molar-refractivity contribution in [2.45, 2.75) is 23.1 Å². The standard InChI is InChI=1S/C14H15BrN2S/c1-10(16)14(11-3-2-4-12(15)9-11)18-13-5-7-17-8-6-13/h2-10,14H,16H2,1H3.